The maximum atomic E-state index is 12.6. The third-order valence-electron chi connectivity index (χ3n) is 8.12. The lowest BCUT2D eigenvalue weighted by molar-refractivity contribution is -0.228. The number of esters is 2. The first kappa shape index (κ1) is 40.3. The Labute approximate surface area is 308 Å². The van der Waals surface area contributed by atoms with Gasteiger partial charge < -0.3 is 29.6 Å². The average Bonchev–Trinajstić information content (AvgIpc) is 3.08. The van der Waals surface area contributed by atoms with Crippen molar-refractivity contribution in [2.45, 2.75) is 194 Å². The highest BCUT2D eigenvalue weighted by molar-refractivity contribution is 7.45. The van der Waals surface area contributed by atoms with Crippen molar-refractivity contribution in [2.24, 2.45) is 0 Å². The molecule has 4 N–H and O–H groups in total. The number of unbranched alkanes of at least 4 members (excludes halogenated alkanes) is 20. The molecular formula is C39H76NO8P. The van der Waals surface area contributed by atoms with Crippen LogP contribution in [0.25, 0.3) is 0 Å². The van der Waals surface area contributed by atoms with Crippen molar-refractivity contribution in [1.82, 2.24) is 6.15 Å². The van der Waals surface area contributed by atoms with Crippen LogP contribution in [0.2, 0.25) is 0 Å². The van der Waals surface area contributed by atoms with E-state index in [1.165, 1.54) is 77.0 Å². The van der Waals surface area contributed by atoms with Gasteiger partial charge in [-0.1, -0.05) is 147 Å². The topological polar surface area (TPSA) is 148 Å². The van der Waals surface area contributed by atoms with Crippen molar-refractivity contribution in [1.29, 1.82) is 0 Å². The number of hydrogen-bond acceptors (Lipinski definition) is 8. The number of phosphoric acid groups is 1. The molecule has 0 aliphatic carbocycles. The molecule has 290 valence electrons. The minimum Gasteiger partial charge on any atom is -0.756 e. The fraction of sp³-hybridized carbons (Fsp3) is 0.846. The third kappa shape index (κ3) is 37.6. The number of hydrogen-bond donors (Lipinski definition) is 1. The summed E-state index contributed by atoms with van der Waals surface area (Å²) in [5.74, 6) is -1.15. The maximum absolute atomic E-state index is 12.6. The summed E-state index contributed by atoms with van der Waals surface area (Å²) < 4.78 is 68.0. The Balaban J connectivity index is 0. The first-order chi connectivity index (χ1) is 25.2. The lowest BCUT2D eigenvalue weighted by Crippen LogP contribution is -2.30. The molecule has 0 aromatic heterocycles. The summed E-state index contributed by atoms with van der Waals surface area (Å²) in [5, 5.41) is 0. The summed E-state index contributed by atoms with van der Waals surface area (Å²) >= 11 is 0. The predicted molar refractivity (Wildman–Crippen MR) is 202 cm³/mol. The van der Waals surface area contributed by atoms with Crippen LogP contribution in [0.1, 0.15) is 194 Å². The molecular weight excluding hydrogens is 641 g/mol. The largest absolute Gasteiger partial charge is 0.756 e. The average molecular weight is 723 g/mol. The monoisotopic (exact) mass is 723 g/mol. The molecule has 0 fully saturated rings. The van der Waals surface area contributed by atoms with Crippen LogP contribution in [0.5, 0.6) is 0 Å². The lowest BCUT2D eigenvalue weighted by atomic mass is 10.0. The van der Waals surface area contributed by atoms with Crippen LogP contribution in [-0.2, 0) is 32.7 Å². The minimum absolute atomic E-state index is 0. The number of phosphoric ester groups is 1. The summed E-state index contributed by atoms with van der Waals surface area (Å²) in [7, 11) is -5.48. The summed E-state index contributed by atoms with van der Waals surface area (Å²) in [6.07, 6.45) is 34.2. The molecule has 0 aliphatic heterocycles. The van der Waals surface area contributed by atoms with Crippen LogP contribution in [0.3, 0.4) is 0 Å². The zero-order chi connectivity index (χ0) is 39.7. The van der Waals surface area contributed by atoms with Crippen LogP contribution in [-0.4, -0.2) is 37.8 Å². The van der Waals surface area contributed by atoms with Crippen molar-refractivity contribution in [2.75, 3.05) is 19.8 Å². The lowest BCUT2D eigenvalue weighted by Gasteiger charge is -2.25. The quantitative estimate of drug-likeness (QED) is 0.0291. The van der Waals surface area contributed by atoms with Crippen molar-refractivity contribution in [3.63, 3.8) is 0 Å². The van der Waals surface area contributed by atoms with Gasteiger partial charge in [-0.15, -0.1) is 0 Å². The highest BCUT2D eigenvalue weighted by Gasteiger charge is 2.20. The number of carbonyl (C=O) groups is 2. The van der Waals surface area contributed by atoms with Crippen molar-refractivity contribution < 1.29 is 44.4 Å². The summed E-state index contributed by atoms with van der Waals surface area (Å²) in [5.41, 5.74) is 0. The Morgan fingerprint density at radius 1 is 0.653 bits per heavy atom. The Hall–Kier alpha value is -1.51. The van der Waals surface area contributed by atoms with Gasteiger partial charge in [0.2, 0.25) is 0 Å². The molecule has 0 aliphatic rings. The van der Waals surface area contributed by atoms with E-state index in [0.717, 1.165) is 64.2 Å². The van der Waals surface area contributed by atoms with Crippen LogP contribution in [0.15, 0.2) is 24.3 Å². The van der Waals surface area contributed by atoms with Gasteiger partial charge in [0, 0.05) is 17.0 Å². The van der Waals surface area contributed by atoms with Crippen LogP contribution >= 0.6 is 7.82 Å². The molecule has 0 saturated heterocycles. The van der Waals surface area contributed by atoms with Crippen LogP contribution < -0.4 is 11.0 Å². The van der Waals surface area contributed by atoms with Crippen LogP contribution in [0, 0.1) is 0 Å². The van der Waals surface area contributed by atoms with E-state index in [1.54, 1.807) is 0 Å². The van der Waals surface area contributed by atoms with Gasteiger partial charge in [-0.25, -0.2) is 0 Å². The van der Waals surface area contributed by atoms with Crippen molar-refractivity contribution in [3.05, 3.63) is 24.3 Å². The van der Waals surface area contributed by atoms with E-state index < -0.39 is 52.5 Å². The molecule has 0 heterocycles. The highest BCUT2D eigenvalue weighted by Crippen LogP contribution is 2.38. The highest BCUT2D eigenvalue weighted by atomic mass is 31.2. The van der Waals surface area contributed by atoms with Gasteiger partial charge in [0.25, 0.3) is 7.82 Å². The molecule has 9 nitrogen and oxygen atoms in total. The first-order valence-electron chi connectivity index (χ1n) is 21.6. The SMILES string of the molecule is [2H]C([2H])([2H])C([2H])([2H])OP(=O)([O-])OC[C@@H](COC(=O)CCCCCCCCCCCCCCC)OC(=O)CCCCCCC/C=C\C/C=C\CCCCC.[NH4+]. The molecule has 0 amide bonds. The van der Waals surface area contributed by atoms with E-state index in [4.69, 9.17) is 16.3 Å². The van der Waals surface area contributed by atoms with E-state index >= 15 is 0 Å². The standard InChI is InChI=1S/C39H73O8P.H3N/c1-4-7-9-11-13-15-17-19-20-22-24-26-28-30-32-34-39(41)47-37(36-46-48(42,43)45-6-3)35-44-38(40)33-31-29-27-25-23-21-18-16-14-12-10-8-5-2;/h13,15,19-20,37H,4-12,14,16-18,21-36H2,1-3H3,(H,42,43);1H3/b15-13-,20-19-;/t37-;/m1./s1/i3D3,6D2;. The van der Waals surface area contributed by atoms with Crippen molar-refractivity contribution >= 4 is 19.8 Å². The third-order valence-corrected chi connectivity index (χ3v) is 8.90. The number of rotatable bonds is 36. The van der Waals surface area contributed by atoms with Gasteiger partial charge in [0.1, 0.15) is 6.61 Å². The zero-order valence-electron chi connectivity index (χ0n) is 36.4. The second-order valence-corrected chi connectivity index (χ2v) is 14.0. The zero-order valence-corrected chi connectivity index (χ0v) is 32.3. The summed E-state index contributed by atoms with van der Waals surface area (Å²) in [4.78, 5) is 37.2. The molecule has 49 heavy (non-hydrogen) atoms. The fourth-order valence-corrected chi connectivity index (χ4v) is 5.76. The molecule has 0 radical (unpaired) electrons. The van der Waals surface area contributed by atoms with E-state index in [9.17, 15) is 19.0 Å². The van der Waals surface area contributed by atoms with E-state index in [-0.39, 0.29) is 19.0 Å². The number of ether oxygens (including phenoxy) is 2. The molecule has 0 aromatic rings. The Morgan fingerprint density at radius 2 is 1.10 bits per heavy atom. The molecule has 10 heteroatoms. The second kappa shape index (κ2) is 37.7. The molecule has 2 atom stereocenters. The van der Waals surface area contributed by atoms with Gasteiger partial charge in [0.15, 0.2) is 6.10 Å². The van der Waals surface area contributed by atoms with Crippen molar-refractivity contribution in [3.8, 4) is 0 Å². The van der Waals surface area contributed by atoms with E-state index in [1.807, 2.05) is 0 Å². The Bertz CT molecular complexity index is 1030. The molecule has 1 unspecified atom stereocenters. The predicted octanol–water partition coefficient (Wildman–Crippen LogP) is 11.6. The molecule has 0 bridgehead atoms. The maximum Gasteiger partial charge on any atom is 0.306 e. The normalized spacial score (nSPS) is 15.4. The Kier molecular flexibility index (Phi) is 31.0. The van der Waals surface area contributed by atoms with Gasteiger partial charge in [-0.2, -0.15) is 0 Å². The summed E-state index contributed by atoms with van der Waals surface area (Å²) in [6, 6.07) is 0. The van der Waals surface area contributed by atoms with Gasteiger partial charge in [-0.3, -0.25) is 14.2 Å². The first-order valence-corrected chi connectivity index (χ1v) is 20.5. The second-order valence-electron chi connectivity index (χ2n) is 12.7. The molecule has 0 rings (SSSR count). The molecule has 0 saturated carbocycles. The van der Waals surface area contributed by atoms with Crippen LogP contribution in [0.4, 0.5) is 0 Å². The number of quaternary nitrogens is 1. The summed E-state index contributed by atoms with van der Waals surface area (Å²) in [6.45, 7) is -3.81. The van der Waals surface area contributed by atoms with E-state index in [2.05, 4.69) is 47.2 Å². The van der Waals surface area contributed by atoms with Gasteiger partial charge >= 0.3 is 11.9 Å². The molecule has 0 spiro atoms. The molecule has 0 aromatic carbocycles. The minimum atomic E-state index is -5.48. The smallest absolute Gasteiger partial charge is 0.306 e. The van der Waals surface area contributed by atoms with E-state index in [0.29, 0.717) is 12.8 Å². The van der Waals surface area contributed by atoms with Gasteiger partial charge in [0.05, 0.1) is 15.9 Å². The number of carbonyl (C=O) groups excluding carboxylic acids is 2. The number of allylic oxidation sites excluding steroid dienone is 4. The fourth-order valence-electron chi connectivity index (χ4n) is 5.24. The van der Waals surface area contributed by atoms with Gasteiger partial charge in [-0.05, 0) is 51.8 Å². The Morgan fingerprint density at radius 3 is 1.63 bits per heavy atom.